The normalized spacial score (nSPS) is 23.7. The Kier molecular flexibility index (Phi) is 4.96. The van der Waals surface area contributed by atoms with E-state index in [0.717, 1.165) is 13.0 Å². The van der Waals surface area contributed by atoms with Crippen LogP contribution >= 0.6 is 11.3 Å². The second kappa shape index (κ2) is 6.50. The highest BCUT2D eigenvalue weighted by molar-refractivity contribution is 7.09. The van der Waals surface area contributed by atoms with Crippen molar-refractivity contribution in [2.75, 3.05) is 26.7 Å². The summed E-state index contributed by atoms with van der Waals surface area (Å²) >= 11 is 1.67. The molecule has 0 bridgehead atoms. The zero-order valence-corrected chi connectivity index (χ0v) is 12.4. The Labute approximate surface area is 118 Å². The number of thiophene rings is 1. The molecule has 0 aliphatic carbocycles. The fraction of sp³-hybridized carbons (Fsp3) is 0.643. The molecule has 19 heavy (non-hydrogen) atoms. The summed E-state index contributed by atoms with van der Waals surface area (Å²) in [5, 5.41) is 11.4. The summed E-state index contributed by atoms with van der Waals surface area (Å²) in [4.78, 5) is 17.3. The average Bonchev–Trinajstić information content (AvgIpc) is 2.99. The maximum atomic E-state index is 12.2. The van der Waals surface area contributed by atoms with E-state index in [4.69, 9.17) is 0 Å². The Morgan fingerprint density at radius 2 is 2.42 bits per heavy atom. The minimum absolute atomic E-state index is 0.126. The summed E-state index contributed by atoms with van der Waals surface area (Å²) < 4.78 is 0. The Morgan fingerprint density at radius 1 is 1.63 bits per heavy atom. The summed E-state index contributed by atoms with van der Waals surface area (Å²) in [6.45, 7) is 4.27. The molecule has 0 radical (unpaired) electrons. The van der Waals surface area contributed by atoms with E-state index in [9.17, 15) is 9.90 Å². The van der Waals surface area contributed by atoms with Crippen molar-refractivity contribution in [1.29, 1.82) is 0 Å². The zero-order chi connectivity index (χ0) is 13.8. The largest absolute Gasteiger partial charge is 0.395 e. The summed E-state index contributed by atoms with van der Waals surface area (Å²) in [5.41, 5.74) is 0. The summed E-state index contributed by atoms with van der Waals surface area (Å²) in [5.74, 6) is 0.598. The van der Waals surface area contributed by atoms with E-state index in [2.05, 4.69) is 11.8 Å². The van der Waals surface area contributed by atoms with E-state index in [1.165, 1.54) is 4.88 Å². The number of carbonyl (C=O) groups excluding carboxylic acids is 1. The number of aliphatic hydroxyl groups excluding tert-OH is 1. The molecule has 1 N–H and O–H groups in total. The quantitative estimate of drug-likeness (QED) is 0.888. The van der Waals surface area contributed by atoms with Gasteiger partial charge in [-0.3, -0.25) is 9.69 Å². The number of hydrogen-bond acceptors (Lipinski definition) is 4. The zero-order valence-electron chi connectivity index (χ0n) is 11.6. The molecule has 0 aromatic carbocycles. The first-order valence-corrected chi connectivity index (χ1v) is 7.61. The first-order chi connectivity index (χ1) is 9.11. The molecule has 1 aromatic heterocycles. The number of rotatable bonds is 5. The van der Waals surface area contributed by atoms with Crippen LogP contribution in [0.3, 0.4) is 0 Å². The SMILES string of the molecule is CC1CCN(CC(=O)N(C)Cc2cccs2)C1CO. The van der Waals surface area contributed by atoms with Gasteiger partial charge in [-0.1, -0.05) is 13.0 Å². The third kappa shape index (κ3) is 3.55. The highest BCUT2D eigenvalue weighted by Crippen LogP contribution is 2.23. The monoisotopic (exact) mass is 282 g/mol. The second-order valence-electron chi connectivity index (χ2n) is 5.32. The van der Waals surface area contributed by atoms with E-state index in [0.29, 0.717) is 19.0 Å². The van der Waals surface area contributed by atoms with Crippen molar-refractivity contribution in [1.82, 2.24) is 9.80 Å². The molecule has 1 aromatic rings. The number of amides is 1. The lowest BCUT2D eigenvalue weighted by atomic mass is 10.0. The molecular weight excluding hydrogens is 260 g/mol. The minimum Gasteiger partial charge on any atom is -0.395 e. The average molecular weight is 282 g/mol. The van der Waals surface area contributed by atoms with Crippen LogP contribution < -0.4 is 0 Å². The van der Waals surface area contributed by atoms with Crippen LogP contribution in [0.15, 0.2) is 17.5 Å². The molecule has 1 fully saturated rings. The summed E-state index contributed by atoms with van der Waals surface area (Å²) in [6.07, 6.45) is 1.06. The van der Waals surface area contributed by atoms with Crippen LogP contribution in [0.4, 0.5) is 0 Å². The van der Waals surface area contributed by atoms with Gasteiger partial charge >= 0.3 is 0 Å². The number of likely N-dealkylation sites (tertiary alicyclic amines) is 1. The van der Waals surface area contributed by atoms with Gasteiger partial charge in [0, 0.05) is 18.0 Å². The van der Waals surface area contributed by atoms with E-state index in [1.54, 1.807) is 16.2 Å². The number of likely N-dealkylation sites (N-methyl/N-ethyl adjacent to an activating group) is 1. The van der Waals surface area contributed by atoms with Crippen molar-refractivity contribution < 1.29 is 9.90 Å². The molecule has 2 rings (SSSR count). The number of aliphatic hydroxyl groups is 1. The van der Waals surface area contributed by atoms with Crippen molar-refractivity contribution in [3.8, 4) is 0 Å². The molecule has 2 heterocycles. The fourth-order valence-corrected chi connectivity index (χ4v) is 3.36. The van der Waals surface area contributed by atoms with Gasteiger partial charge in [-0.25, -0.2) is 0 Å². The Balaban J connectivity index is 1.86. The molecule has 0 saturated carbocycles. The molecule has 1 aliphatic rings. The van der Waals surface area contributed by atoms with Gasteiger partial charge in [0.15, 0.2) is 0 Å². The molecule has 1 aliphatic heterocycles. The number of nitrogens with zero attached hydrogens (tertiary/aromatic N) is 2. The van der Waals surface area contributed by atoms with Crippen LogP contribution in [0.5, 0.6) is 0 Å². The standard InChI is InChI=1S/C14H22N2O2S/c1-11-5-6-16(13(11)10-17)9-14(18)15(2)8-12-4-3-7-19-12/h3-4,7,11,13,17H,5-6,8-10H2,1-2H3. The van der Waals surface area contributed by atoms with E-state index < -0.39 is 0 Å². The highest BCUT2D eigenvalue weighted by atomic mass is 32.1. The maximum Gasteiger partial charge on any atom is 0.236 e. The van der Waals surface area contributed by atoms with E-state index in [-0.39, 0.29) is 18.6 Å². The van der Waals surface area contributed by atoms with Gasteiger partial charge in [0.1, 0.15) is 0 Å². The van der Waals surface area contributed by atoms with Gasteiger partial charge < -0.3 is 10.0 Å². The van der Waals surface area contributed by atoms with Crippen LogP contribution in [0.25, 0.3) is 0 Å². The number of hydrogen-bond donors (Lipinski definition) is 1. The molecule has 0 spiro atoms. The molecular formula is C14H22N2O2S. The molecule has 2 unspecified atom stereocenters. The first kappa shape index (κ1) is 14.5. The van der Waals surface area contributed by atoms with Crippen molar-refractivity contribution in [2.24, 2.45) is 5.92 Å². The van der Waals surface area contributed by atoms with Crippen molar-refractivity contribution in [3.63, 3.8) is 0 Å². The second-order valence-corrected chi connectivity index (χ2v) is 6.35. The van der Waals surface area contributed by atoms with Gasteiger partial charge in [-0.15, -0.1) is 11.3 Å². The Bertz CT molecular complexity index is 408. The summed E-state index contributed by atoms with van der Waals surface area (Å²) in [7, 11) is 1.84. The third-order valence-electron chi connectivity index (χ3n) is 3.92. The molecule has 2 atom stereocenters. The first-order valence-electron chi connectivity index (χ1n) is 6.73. The smallest absolute Gasteiger partial charge is 0.236 e. The lowest BCUT2D eigenvalue weighted by molar-refractivity contribution is -0.132. The van der Waals surface area contributed by atoms with E-state index in [1.807, 2.05) is 24.6 Å². The van der Waals surface area contributed by atoms with E-state index >= 15 is 0 Å². The van der Waals surface area contributed by atoms with Gasteiger partial charge in [0.25, 0.3) is 0 Å². The van der Waals surface area contributed by atoms with Crippen LogP contribution in [-0.4, -0.2) is 53.6 Å². The van der Waals surface area contributed by atoms with Crippen molar-refractivity contribution in [2.45, 2.75) is 25.9 Å². The maximum absolute atomic E-state index is 12.2. The van der Waals surface area contributed by atoms with Crippen LogP contribution in [-0.2, 0) is 11.3 Å². The lowest BCUT2D eigenvalue weighted by Gasteiger charge is -2.26. The highest BCUT2D eigenvalue weighted by Gasteiger charge is 2.32. The molecule has 106 valence electrons. The lowest BCUT2D eigenvalue weighted by Crippen LogP contribution is -2.42. The van der Waals surface area contributed by atoms with Gasteiger partial charge in [-0.2, -0.15) is 0 Å². The van der Waals surface area contributed by atoms with Crippen LogP contribution in [0.2, 0.25) is 0 Å². The van der Waals surface area contributed by atoms with Gasteiger partial charge in [0.2, 0.25) is 5.91 Å². The minimum atomic E-state index is 0.126. The van der Waals surface area contributed by atoms with Gasteiger partial charge in [-0.05, 0) is 30.3 Å². The van der Waals surface area contributed by atoms with Crippen LogP contribution in [0.1, 0.15) is 18.2 Å². The predicted molar refractivity (Wildman–Crippen MR) is 77.0 cm³/mol. The van der Waals surface area contributed by atoms with Crippen LogP contribution in [0, 0.1) is 5.92 Å². The molecule has 5 heteroatoms. The Hall–Kier alpha value is -0.910. The molecule has 1 amide bonds. The molecule has 1 saturated heterocycles. The van der Waals surface area contributed by atoms with Crippen molar-refractivity contribution >= 4 is 17.2 Å². The third-order valence-corrected chi connectivity index (χ3v) is 4.78. The van der Waals surface area contributed by atoms with Crippen molar-refractivity contribution in [3.05, 3.63) is 22.4 Å². The van der Waals surface area contributed by atoms with Gasteiger partial charge in [0.05, 0.1) is 19.7 Å². The number of carbonyl (C=O) groups is 1. The topological polar surface area (TPSA) is 43.8 Å². The fourth-order valence-electron chi connectivity index (χ4n) is 2.60. The summed E-state index contributed by atoms with van der Waals surface area (Å²) in [6, 6.07) is 4.18. The molecule has 4 nitrogen and oxygen atoms in total. The Morgan fingerprint density at radius 3 is 3.05 bits per heavy atom. The predicted octanol–water partition coefficient (Wildman–Crippen LogP) is 1.41.